The molecule has 0 aromatic heterocycles. The van der Waals surface area contributed by atoms with Gasteiger partial charge in [0.15, 0.2) is 0 Å². The predicted octanol–water partition coefficient (Wildman–Crippen LogP) is 3.80. The molecule has 0 heterocycles. The van der Waals surface area contributed by atoms with E-state index in [1.54, 1.807) is 25.3 Å². The number of nitrogens with one attached hydrogen (secondary N) is 1. The molecule has 26 heavy (non-hydrogen) atoms. The van der Waals surface area contributed by atoms with Crippen molar-refractivity contribution in [2.24, 2.45) is 0 Å². The lowest BCUT2D eigenvalue weighted by Gasteiger charge is -2.11. The average molecular weight is 376 g/mol. The van der Waals surface area contributed by atoms with Crippen molar-refractivity contribution in [2.75, 3.05) is 26.6 Å². The Hall–Kier alpha value is -2.99. The molecule has 2 rings (SSSR count). The molecule has 7 heteroatoms. The lowest BCUT2D eigenvalue weighted by atomic mass is 10.1. The second-order valence-corrected chi connectivity index (χ2v) is 5.53. The highest BCUT2D eigenvalue weighted by Gasteiger charge is 2.17. The standard InChI is InChI=1S/C19H18ClNO5/c1-24-13-7-4-12(5-8-13)6-9-18(22)21-16-11-17(25-2)14(10-15(16)20)19(23)26-3/h4-11H,1-3H3,(H,21,22)/b9-6+. The second-order valence-electron chi connectivity index (χ2n) is 5.12. The molecule has 0 atom stereocenters. The summed E-state index contributed by atoms with van der Waals surface area (Å²) in [6.07, 6.45) is 3.03. The maximum atomic E-state index is 12.1. The third-order valence-electron chi connectivity index (χ3n) is 3.50. The van der Waals surface area contributed by atoms with Crippen LogP contribution >= 0.6 is 11.6 Å². The molecular weight excluding hydrogens is 358 g/mol. The Morgan fingerprint density at radius 3 is 2.31 bits per heavy atom. The van der Waals surface area contributed by atoms with Gasteiger partial charge in [-0.3, -0.25) is 4.79 Å². The van der Waals surface area contributed by atoms with Gasteiger partial charge in [0.05, 0.1) is 32.0 Å². The number of benzene rings is 2. The minimum absolute atomic E-state index is 0.173. The van der Waals surface area contributed by atoms with Gasteiger partial charge in [-0.05, 0) is 29.8 Å². The first-order chi connectivity index (χ1) is 12.5. The maximum absolute atomic E-state index is 12.1. The highest BCUT2D eigenvalue weighted by atomic mass is 35.5. The summed E-state index contributed by atoms with van der Waals surface area (Å²) in [7, 11) is 4.25. The van der Waals surface area contributed by atoms with Gasteiger partial charge in [0.25, 0.3) is 0 Å². The van der Waals surface area contributed by atoms with Gasteiger partial charge < -0.3 is 19.5 Å². The molecule has 0 aliphatic carbocycles. The summed E-state index contributed by atoms with van der Waals surface area (Å²) in [4.78, 5) is 23.8. The Kier molecular flexibility index (Phi) is 6.63. The van der Waals surface area contributed by atoms with Crippen molar-refractivity contribution in [3.05, 3.63) is 58.6 Å². The normalized spacial score (nSPS) is 10.5. The first-order valence-electron chi connectivity index (χ1n) is 7.57. The number of amides is 1. The van der Waals surface area contributed by atoms with Gasteiger partial charge in [0.1, 0.15) is 17.1 Å². The minimum atomic E-state index is -0.582. The third-order valence-corrected chi connectivity index (χ3v) is 3.81. The number of esters is 1. The van der Waals surface area contributed by atoms with E-state index in [0.717, 1.165) is 11.3 Å². The summed E-state index contributed by atoms with van der Waals surface area (Å²) < 4.78 is 14.9. The molecule has 6 nitrogen and oxygen atoms in total. The topological polar surface area (TPSA) is 73.9 Å². The van der Waals surface area contributed by atoms with Gasteiger partial charge in [0.2, 0.25) is 5.91 Å². The van der Waals surface area contributed by atoms with Crippen LogP contribution in [0.5, 0.6) is 11.5 Å². The van der Waals surface area contributed by atoms with Crippen LogP contribution in [0.15, 0.2) is 42.5 Å². The molecule has 0 bridgehead atoms. The van der Waals surface area contributed by atoms with E-state index in [4.69, 9.17) is 21.1 Å². The van der Waals surface area contributed by atoms with Crippen LogP contribution in [0.1, 0.15) is 15.9 Å². The fraction of sp³-hybridized carbons (Fsp3) is 0.158. The van der Waals surface area contributed by atoms with Crippen molar-refractivity contribution in [2.45, 2.75) is 0 Å². The molecule has 2 aromatic rings. The fourth-order valence-electron chi connectivity index (χ4n) is 2.15. The van der Waals surface area contributed by atoms with Crippen molar-refractivity contribution in [3.8, 4) is 11.5 Å². The quantitative estimate of drug-likeness (QED) is 0.614. The Labute approximate surface area is 156 Å². The number of methoxy groups -OCH3 is 3. The molecule has 1 amide bonds. The number of hydrogen-bond donors (Lipinski definition) is 1. The average Bonchev–Trinajstić information content (AvgIpc) is 2.67. The van der Waals surface area contributed by atoms with Gasteiger partial charge in [-0.2, -0.15) is 0 Å². The number of carbonyl (C=O) groups is 2. The molecule has 0 saturated heterocycles. The van der Waals surface area contributed by atoms with E-state index in [2.05, 4.69) is 10.1 Å². The monoisotopic (exact) mass is 375 g/mol. The van der Waals surface area contributed by atoms with Crippen molar-refractivity contribution in [3.63, 3.8) is 0 Å². The van der Waals surface area contributed by atoms with Crippen LogP contribution in [0.3, 0.4) is 0 Å². The van der Waals surface area contributed by atoms with E-state index in [1.165, 1.54) is 32.4 Å². The summed E-state index contributed by atoms with van der Waals surface area (Å²) in [6.45, 7) is 0. The van der Waals surface area contributed by atoms with Crippen LogP contribution in [0.25, 0.3) is 6.08 Å². The molecule has 136 valence electrons. The van der Waals surface area contributed by atoms with Crippen molar-refractivity contribution >= 4 is 35.2 Å². The van der Waals surface area contributed by atoms with Gasteiger partial charge in [-0.25, -0.2) is 4.79 Å². The smallest absolute Gasteiger partial charge is 0.341 e. The lowest BCUT2D eigenvalue weighted by Crippen LogP contribution is -2.10. The van der Waals surface area contributed by atoms with E-state index >= 15 is 0 Å². The van der Waals surface area contributed by atoms with E-state index in [-0.39, 0.29) is 22.2 Å². The van der Waals surface area contributed by atoms with E-state index < -0.39 is 5.97 Å². The van der Waals surface area contributed by atoms with Crippen LogP contribution < -0.4 is 14.8 Å². The molecular formula is C19H18ClNO5. The zero-order valence-electron chi connectivity index (χ0n) is 14.5. The summed E-state index contributed by atoms with van der Waals surface area (Å²) >= 11 is 6.14. The number of rotatable bonds is 6. The summed E-state index contributed by atoms with van der Waals surface area (Å²) in [5.74, 6) is 0.0171. The number of halogens is 1. The molecule has 2 aromatic carbocycles. The van der Waals surface area contributed by atoms with Crippen LogP contribution in [0, 0.1) is 0 Å². The molecule has 0 spiro atoms. The Balaban J connectivity index is 2.15. The van der Waals surface area contributed by atoms with E-state index in [9.17, 15) is 9.59 Å². The van der Waals surface area contributed by atoms with Crippen LogP contribution in [-0.4, -0.2) is 33.2 Å². The zero-order chi connectivity index (χ0) is 19.1. The number of hydrogen-bond acceptors (Lipinski definition) is 5. The predicted molar refractivity (Wildman–Crippen MR) is 100 cm³/mol. The van der Waals surface area contributed by atoms with Gasteiger partial charge in [-0.1, -0.05) is 23.7 Å². The number of anilines is 1. The molecule has 0 unspecified atom stereocenters. The van der Waals surface area contributed by atoms with Crippen molar-refractivity contribution in [1.29, 1.82) is 0 Å². The zero-order valence-corrected chi connectivity index (χ0v) is 15.3. The number of ether oxygens (including phenoxy) is 3. The first kappa shape index (κ1) is 19.3. The molecule has 0 aliphatic rings. The second kappa shape index (κ2) is 8.92. The third kappa shape index (κ3) is 4.77. The molecule has 1 N–H and O–H groups in total. The summed E-state index contributed by atoms with van der Waals surface area (Å²) in [5.41, 5.74) is 1.33. The van der Waals surface area contributed by atoms with E-state index in [0.29, 0.717) is 5.69 Å². The van der Waals surface area contributed by atoms with Crippen LogP contribution in [0.2, 0.25) is 5.02 Å². The maximum Gasteiger partial charge on any atom is 0.341 e. The van der Waals surface area contributed by atoms with Crippen molar-refractivity contribution < 1.29 is 23.8 Å². The highest BCUT2D eigenvalue weighted by molar-refractivity contribution is 6.34. The lowest BCUT2D eigenvalue weighted by molar-refractivity contribution is -0.111. The molecule has 0 radical (unpaired) electrons. The van der Waals surface area contributed by atoms with Crippen molar-refractivity contribution in [1.82, 2.24) is 0 Å². The Morgan fingerprint density at radius 1 is 1.04 bits per heavy atom. The minimum Gasteiger partial charge on any atom is -0.497 e. The summed E-state index contributed by atoms with van der Waals surface area (Å²) in [6, 6.07) is 10.1. The largest absolute Gasteiger partial charge is 0.497 e. The van der Waals surface area contributed by atoms with Gasteiger partial charge >= 0.3 is 5.97 Å². The fourth-order valence-corrected chi connectivity index (χ4v) is 2.36. The molecule has 0 fully saturated rings. The van der Waals surface area contributed by atoms with Crippen LogP contribution in [-0.2, 0) is 9.53 Å². The first-order valence-corrected chi connectivity index (χ1v) is 7.95. The summed E-state index contributed by atoms with van der Waals surface area (Å²) in [5, 5.41) is 2.84. The number of carbonyl (C=O) groups excluding carboxylic acids is 2. The van der Waals surface area contributed by atoms with Gasteiger partial charge in [-0.15, -0.1) is 0 Å². The Bertz CT molecular complexity index is 831. The van der Waals surface area contributed by atoms with Crippen LogP contribution in [0.4, 0.5) is 5.69 Å². The highest BCUT2D eigenvalue weighted by Crippen LogP contribution is 2.31. The molecule has 0 saturated carbocycles. The SMILES string of the molecule is COC(=O)c1cc(Cl)c(NC(=O)/C=C/c2ccc(OC)cc2)cc1OC. The molecule has 0 aliphatic heterocycles. The Morgan fingerprint density at radius 2 is 1.73 bits per heavy atom. The van der Waals surface area contributed by atoms with Gasteiger partial charge in [0, 0.05) is 12.1 Å². The van der Waals surface area contributed by atoms with E-state index in [1.807, 2.05) is 12.1 Å².